The first kappa shape index (κ1) is 21.2. The Hall–Kier alpha value is -1.87. The zero-order valence-electron chi connectivity index (χ0n) is 16.3. The van der Waals surface area contributed by atoms with Crippen LogP contribution in [0, 0.1) is 5.41 Å². The van der Waals surface area contributed by atoms with Crippen LogP contribution in [0.1, 0.15) is 53.9 Å². The number of aliphatic carboxylic acids is 1. The summed E-state index contributed by atoms with van der Waals surface area (Å²) in [6.45, 7) is 11.0. The first-order valence-electron chi connectivity index (χ1n) is 8.92. The fraction of sp³-hybridized carbons (Fsp3) is 0.500. The molecule has 3 heteroatoms. The van der Waals surface area contributed by atoms with Gasteiger partial charge in [0.15, 0.2) is 0 Å². The highest BCUT2D eigenvalue weighted by atomic mass is 16.5. The molecular weight excluding hydrogens is 312 g/mol. The Labute approximate surface area is 152 Å². The molecule has 0 unspecified atom stereocenters. The van der Waals surface area contributed by atoms with Crippen molar-refractivity contribution in [1.29, 1.82) is 0 Å². The van der Waals surface area contributed by atoms with Gasteiger partial charge in [0.2, 0.25) is 0 Å². The molecule has 0 fully saturated rings. The fourth-order valence-corrected chi connectivity index (χ4v) is 3.04. The van der Waals surface area contributed by atoms with Gasteiger partial charge in [0, 0.05) is 0 Å². The Morgan fingerprint density at radius 1 is 1.24 bits per heavy atom. The van der Waals surface area contributed by atoms with Crippen molar-refractivity contribution in [2.24, 2.45) is 5.41 Å². The van der Waals surface area contributed by atoms with E-state index in [2.05, 4.69) is 45.9 Å². The molecule has 3 nitrogen and oxygen atoms in total. The lowest BCUT2D eigenvalue weighted by Crippen LogP contribution is -2.19. The predicted octanol–water partition coefficient (Wildman–Crippen LogP) is 5.62. The van der Waals surface area contributed by atoms with Crippen molar-refractivity contribution in [3.8, 4) is 0 Å². The molecule has 0 saturated carbocycles. The predicted molar refractivity (Wildman–Crippen MR) is 105 cm³/mol. The Morgan fingerprint density at radius 2 is 1.96 bits per heavy atom. The molecule has 0 spiro atoms. The SMILES string of the molecule is CC1=C(/C=C/C(C)=C/C=C/C(C)=C/COCC(=O)O)C(C)(C)CCC1. The van der Waals surface area contributed by atoms with Crippen molar-refractivity contribution < 1.29 is 14.6 Å². The molecule has 0 aromatic carbocycles. The molecule has 0 atom stereocenters. The van der Waals surface area contributed by atoms with Gasteiger partial charge in [0.25, 0.3) is 0 Å². The molecule has 0 amide bonds. The number of ether oxygens (including phenoxy) is 1. The van der Waals surface area contributed by atoms with Crippen LogP contribution in [0.4, 0.5) is 0 Å². The summed E-state index contributed by atoms with van der Waals surface area (Å²) in [5, 5.41) is 8.50. The van der Waals surface area contributed by atoms with Crippen LogP contribution >= 0.6 is 0 Å². The summed E-state index contributed by atoms with van der Waals surface area (Å²) >= 11 is 0. The number of allylic oxidation sites excluding steroid dienone is 9. The molecule has 1 aliphatic carbocycles. The first-order chi connectivity index (χ1) is 11.7. The molecule has 138 valence electrons. The maximum absolute atomic E-state index is 10.4. The molecule has 0 aromatic rings. The minimum absolute atomic E-state index is 0.261. The van der Waals surface area contributed by atoms with Gasteiger partial charge in [0.1, 0.15) is 6.61 Å². The normalized spacial score (nSPS) is 19.2. The van der Waals surface area contributed by atoms with Crippen molar-refractivity contribution in [2.45, 2.75) is 53.9 Å². The Morgan fingerprint density at radius 3 is 2.60 bits per heavy atom. The van der Waals surface area contributed by atoms with Crippen LogP contribution in [-0.4, -0.2) is 24.3 Å². The van der Waals surface area contributed by atoms with Gasteiger partial charge in [-0.2, -0.15) is 0 Å². The molecule has 0 aliphatic heterocycles. The summed E-state index contributed by atoms with van der Waals surface area (Å²) in [6, 6.07) is 0. The van der Waals surface area contributed by atoms with Gasteiger partial charge in [-0.15, -0.1) is 0 Å². The monoisotopic (exact) mass is 344 g/mol. The van der Waals surface area contributed by atoms with E-state index in [1.165, 1.54) is 36.0 Å². The molecule has 1 aliphatic rings. The Bertz CT molecular complexity index is 613. The zero-order valence-corrected chi connectivity index (χ0v) is 16.3. The molecule has 0 bridgehead atoms. The van der Waals surface area contributed by atoms with Crippen molar-refractivity contribution >= 4 is 5.97 Å². The van der Waals surface area contributed by atoms with E-state index in [1.54, 1.807) is 0 Å². The second-order valence-electron chi connectivity index (χ2n) is 7.39. The van der Waals surface area contributed by atoms with Crippen molar-refractivity contribution in [3.05, 3.63) is 58.7 Å². The van der Waals surface area contributed by atoms with Crippen molar-refractivity contribution in [2.75, 3.05) is 13.2 Å². The highest BCUT2D eigenvalue weighted by Crippen LogP contribution is 2.40. The van der Waals surface area contributed by atoms with Crippen LogP contribution in [0.15, 0.2) is 58.7 Å². The summed E-state index contributed by atoms with van der Waals surface area (Å²) in [4.78, 5) is 10.4. The second-order valence-corrected chi connectivity index (χ2v) is 7.39. The number of hydrogen-bond donors (Lipinski definition) is 1. The molecule has 0 aromatic heterocycles. The van der Waals surface area contributed by atoms with E-state index in [0.29, 0.717) is 6.61 Å². The smallest absolute Gasteiger partial charge is 0.329 e. The van der Waals surface area contributed by atoms with Gasteiger partial charge < -0.3 is 9.84 Å². The summed E-state index contributed by atoms with van der Waals surface area (Å²) in [6.07, 6.45) is 16.2. The molecule has 1 rings (SSSR count). The van der Waals surface area contributed by atoms with Gasteiger partial charge in [-0.3, -0.25) is 0 Å². The van der Waals surface area contributed by atoms with E-state index in [0.717, 1.165) is 5.57 Å². The van der Waals surface area contributed by atoms with Gasteiger partial charge in [0.05, 0.1) is 6.61 Å². The Balaban J connectivity index is 2.60. The van der Waals surface area contributed by atoms with E-state index in [-0.39, 0.29) is 12.0 Å². The molecule has 0 radical (unpaired) electrons. The topological polar surface area (TPSA) is 46.5 Å². The van der Waals surface area contributed by atoms with Gasteiger partial charge in [-0.1, -0.05) is 67.0 Å². The number of carboxylic acid groups (broad SMARTS) is 1. The average molecular weight is 344 g/mol. The van der Waals surface area contributed by atoms with Crippen LogP contribution in [0.2, 0.25) is 0 Å². The highest BCUT2D eigenvalue weighted by molar-refractivity contribution is 5.68. The lowest BCUT2D eigenvalue weighted by molar-refractivity contribution is -0.141. The lowest BCUT2D eigenvalue weighted by atomic mass is 9.72. The zero-order chi connectivity index (χ0) is 18.9. The third-order valence-electron chi connectivity index (χ3n) is 4.52. The highest BCUT2D eigenvalue weighted by Gasteiger charge is 2.26. The van der Waals surface area contributed by atoms with Crippen molar-refractivity contribution in [1.82, 2.24) is 0 Å². The van der Waals surface area contributed by atoms with Crippen LogP contribution in [-0.2, 0) is 9.53 Å². The third-order valence-corrected chi connectivity index (χ3v) is 4.52. The quantitative estimate of drug-likeness (QED) is 0.459. The lowest BCUT2D eigenvalue weighted by Gasteiger charge is -2.32. The Kier molecular flexibility index (Phi) is 8.64. The maximum atomic E-state index is 10.4. The first-order valence-corrected chi connectivity index (χ1v) is 8.92. The number of hydrogen-bond acceptors (Lipinski definition) is 2. The molecule has 1 N–H and O–H groups in total. The van der Waals surface area contributed by atoms with E-state index in [4.69, 9.17) is 9.84 Å². The van der Waals surface area contributed by atoms with Crippen LogP contribution in [0.3, 0.4) is 0 Å². The number of carbonyl (C=O) groups is 1. The summed E-state index contributed by atoms with van der Waals surface area (Å²) in [7, 11) is 0. The number of rotatable bonds is 8. The van der Waals surface area contributed by atoms with Gasteiger partial charge in [-0.05, 0) is 51.0 Å². The molecular formula is C22H32O3. The summed E-state index contributed by atoms with van der Waals surface area (Å²) < 4.78 is 4.99. The average Bonchev–Trinajstić information content (AvgIpc) is 2.50. The minimum atomic E-state index is -0.946. The van der Waals surface area contributed by atoms with E-state index < -0.39 is 5.97 Å². The van der Waals surface area contributed by atoms with E-state index in [9.17, 15) is 4.79 Å². The van der Waals surface area contributed by atoms with Crippen LogP contribution in [0.5, 0.6) is 0 Å². The van der Waals surface area contributed by atoms with Gasteiger partial charge in [-0.25, -0.2) is 4.79 Å². The van der Waals surface area contributed by atoms with Crippen molar-refractivity contribution in [3.63, 3.8) is 0 Å². The molecule has 0 heterocycles. The summed E-state index contributed by atoms with van der Waals surface area (Å²) in [5.74, 6) is -0.946. The molecule has 0 saturated heterocycles. The van der Waals surface area contributed by atoms with Gasteiger partial charge >= 0.3 is 5.97 Å². The van der Waals surface area contributed by atoms with E-state index in [1.807, 2.05) is 25.2 Å². The summed E-state index contributed by atoms with van der Waals surface area (Å²) in [5.41, 5.74) is 5.50. The molecule has 25 heavy (non-hydrogen) atoms. The number of carboxylic acids is 1. The van der Waals surface area contributed by atoms with Crippen LogP contribution < -0.4 is 0 Å². The second kappa shape index (κ2) is 10.2. The van der Waals surface area contributed by atoms with E-state index >= 15 is 0 Å². The standard InChI is InChI=1S/C22H32O3/c1-17(8-6-9-18(2)13-15-25-16-21(23)24)11-12-20-19(3)10-7-14-22(20,4)5/h6,8-9,11-13H,7,10,14-16H2,1-5H3,(H,23,24)/b9-6+,12-11+,17-8+,18-13+. The largest absolute Gasteiger partial charge is 0.480 e. The van der Waals surface area contributed by atoms with Crippen LogP contribution in [0.25, 0.3) is 0 Å². The minimum Gasteiger partial charge on any atom is -0.480 e. The maximum Gasteiger partial charge on any atom is 0.329 e. The third kappa shape index (κ3) is 8.17. The fourth-order valence-electron chi connectivity index (χ4n) is 3.04.